The molecule has 1 aromatic carbocycles. The third-order valence-corrected chi connectivity index (χ3v) is 3.82. The zero-order valence-electron chi connectivity index (χ0n) is 9.57. The summed E-state index contributed by atoms with van der Waals surface area (Å²) < 4.78 is 2.74. The number of nitrogens with zero attached hydrogens (tertiary/aromatic N) is 1. The van der Waals surface area contributed by atoms with E-state index < -0.39 is 0 Å². The Balaban J connectivity index is 2.08. The Bertz CT molecular complexity index is 666. The average Bonchev–Trinajstić information content (AvgIpc) is 2.65. The summed E-state index contributed by atoms with van der Waals surface area (Å²) in [5.41, 5.74) is 1.97. The molecule has 0 bridgehead atoms. The smallest absolute Gasteiger partial charge is 0.220 e. The maximum Gasteiger partial charge on any atom is 0.220 e. The highest BCUT2D eigenvalue weighted by molar-refractivity contribution is 7.71. The van der Waals surface area contributed by atoms with Gasteiger partial charge < -0.3 is 14.9 Å². The van der Waals surface area contributed by atoms with E-state index in [2.05, 4.69) is 14.9 Å². The molecule has 1 fully saturated rings. The summed E-state index contributed by atoms with van der Waals surface area (Å²) in [7, 11) is 0. The molecular weight excluding hydrogens is 270 g/mol. The highest BCUT2D eigenvalue weighted by Crippen LogP contribution is 2.25. The lowest BCUT2D eigenvalue weighted by Gasteiger charge is -2.24. The number of carbonyl (C=O) groups is 1. The van der Waals surface area contributed by atoms with Gasteiger partial charge in [0.2, 0.25) is 5.91 Å². The van der Waals surface area contributed by atoms with Gasteiger partial charge in [-0.2, -0.15) is 0 Å². The normalized spacial score (nSPS) is 20.1. The van der Waals surface area contributed by atoms with Gasteiger partial charge in [0.1, 0.15) is 0 Å². The van der Waals surface area contributed by atoms with Crippen LogP contribution in [0.5, 0.6) is 0 Å². The first-order chi connectivity index (χ1) is 8.65. The third-order valence-electron chi connectivity index (χ3n) is 3.28. The number of H-pyrrole nitrogens is 1. The van der Waals surface area contributed by atoms with Crippen LogP contribution >= 0.6 is 23.8 Å². The van der Waals surface area contributed by atoms with Gasteiger partial charge in [-0.1, -0.05) is 11.6 Å². The zero-order valence-corrected chi connectivity index (χ0v) is 11.1. The maximum atomic E-state index is 11.2. The molecule has 0 spiro atoms. The number of hydrogen-bond acceptors (Lipinski definition) is 2. The topological polar surface area (TPSA) is 49.8 Å². The quantitative estimate of drug-likeness (QED) is 0.790. The molecule has 1 amide bonds. The van der Waals surface area contributed by atoms with Crippen LogP contribution < -0.4 is 5.32 Å². The van der Waals surface area contributed by atoms with Crippen molar-refractivity contribution in [2.75, 3.05) is 6.54 Å². The Labute approximate surface area is 114 Å². The standard InChI is InChI=1S/C12H12ClN3OS/c13-7-1-3-10-9(5-7)15-12(18)16(10)8-2-4-11(17)14-6-8/h1,3,5,8H,2,4,6H2,(H,14,17)(H,15,18). The number of benzene rings is 1. The molecule has 1 aromatic heterocycles. The summed E-state index contributed by atoms with van der Waals surface area (Å²) in [5.74, 6) is 0.112. The van der Waals surface area contributed by atoms with Gasteiger partial charge in [-0.05, 0) is 36.8 Å². The number of aromatic nitrogens is 2. The van der Waals surface area contributed by atoms with Crippen molar-refractivity contribution in [1.82, 2.24) is 14.9 Å². The summed E-state index contributed by atoms with van der Waals surface area (Å²) in [5, 5.41) is 3.56. The van der Waals surface area contributed by atoms with Crippen LogP contribution in [0.1, 0.15) is 18.9 Å². The lowest BCUT2D eigenvalue weighted by Crippen LogP contribution is -2.36. The molecule has 1 saturated heterocycles. The molecule has 1 unspecified atom stereocenters. The van der Waals surface area contributed by atoms with Gasteiger partial charge in [-0.15, -0.1) is 0 Å². The van der Waals surface area contributed by atoms with E-state index >= 15 is 0 Å². The van der Waals surface area contributed by atoms with Crippen molar-refractivity contribution in [1.29, 1.82) is 0 Å². The van der Waals surface area contributed by atoms with Crippen LogP contribution in [0.2, 0.25) is 5.02 Å². The number of fused-ring (bicyclic) bond motifs is 1. The molecule has 1 aliphatic heterocycles. The van der Waals surface area contributed by atoms with Crippen molar-refractivity contribution >= 4 is 40.8 Å². The van der Waals surface area contributed by atoms with E-state index in [1.807, 2.05) is 18.2 Å². The minimum absolute atomic E-state index is 0.112. The van der Waals surface area contributed by atoms with Crippen LogP contribution in [-0.2, 0) is 4.79 Å². The van der Waals surface area contributed by atoms with Crippen molar-refractivity contribution in [3.05, 3.63) is 28.0 Å². The maximum absolute atomic E-state index is 11.2. The SMILES string of the molecule is O=C1CCC(n2c(=S)[nH]c3cc(Cl)ccc32)CN1. The minimum atomic E-state index is 0.112. The predicted molar refractivity (Wildman–Crippen MR) is 73.4 cm³/mol. The summed E-state index contributed by atoms with van der Waals surface area (Å²) in [4.78, 5) is 14.4. The number of aromatic amines is 1. The molecule has 3 rings (SSSR count). The van der Waals surface area contributed by atoms with Crippen LogP contribution in [0.25, 0.3) is 11.0 Å². The highest BCUT2D eigenvalue weighted by atomic mass is 35.5. The molecule has 2 aromatic rings. The fourth-order valence-corrected chi connectivity index (χ4v) is 2.94. The second-order valence-electron chi connectivity index (χ2n) is 4.46. The van der Waals surface area contributed by atoms with Crippen molar-refractivity contribution in [3.63, 3.8) is 0 Å². The monoisotopic (exact) mass is 281 g/mol. The van der Waals surface area contributed by atoms with E-state index in [1.54, 1.807) is 0 Å². The molecule has 1 atom stereocenters. The first-order valence-electron chi connectivity index (χ1n) is 5.81. The molecule has 2 heterocycles. The Morgan fingerprint density at radius 3 is 3.00 bits per heavy atom. The van der Waals surface area contributed by atoms with Crippen molar-refractivity contribution in [2.24, 2.45) is 0 Å². The Morgan fingerprint density at radius 2 is 2.28 bits per heavy atom. The number of nitrogens with one attached hydrogen (secondary N) is 2. The van der Waals surface area contributed by atoms with Crippen LogP contribution in [0.3, 0.4) is 0 Å². The van der Waals surface area contributed by atoms with E-state index in [9.17, 15) is 4.79 Å². The Morgan fingerprint density at radius 1 is 1.44 bits per heavy atom. The van der Waals surface area contributed by atoms with Gasteiger partial charge in [0.05, 0.1) is 17.1 Å². The summed E-state index contributed by atoms with van der Waals surface area (Å²) in [6, 6.07) is 5.89. The van der Waals surface area contributed by atoms with Gasteiger partial charge in [-0.3, -0.25) is 4.79 Å². The van der Waals surface area contributed by atoms with E-state index in [0.717, 1.165) is 17.5 Å². The lowest BCUT2D eigenvalue weighted by molar-refractivity contribution is -0.122. The molecule has 6 heteroatoms. The second kappa shape index (κ2) is 4.40. The first kappa shape index (κ1) is 11.7. The van der Waals surface area contributed by atoms with Crippen molar-refractivity contribution in [2.45, 2.75) is 18.9 Å². The van der Waals surface area contributed by atoms with Gasteiger partial charge in [-0.25, -0.2) is 0 Å². The number of amides is 1. The van der Waals surface area contributed by atoms with E-state index in [4.69, 9.17) is 23.8 Å². The van der Waals surface area contributed by atoms with Crippen molar-refractivity contribution < 1.29 is 4.79 Å². The average molecular weight is 282 g/mol. The van der Waals surface area contributed by atoms with Crippen molar-refractivity contribution in [3.8, 4) is 0 Å². The molecule has 0 saturated carbocycles. The van der Waals surface area contributed by atoms with Gasteiger partial charge in [0.15, 0.2) is 4.77 Å². The van der Waals surface area contributed by atoms with Gasteiger partial charge in [0.25, 0.3) is 0 Å². The number of imidazole rings is 1. The van der Waals surface area contributed by atoms with E-state index in [0.29, 0.717) is 22.8 Å². The summed E-state index contributed by atoms with van der Waals surface area (Å²) in [6.07, 6.45) is 1.36. The predicted octanol–water partition coefficient (Wildman–Crippen LogP) is 2.80. The minimum Gasteiger partial charge on any atom is -0.354 e. The molecule has 0 radical (unpaired) electrons. The molecule has 94 valence electrons. The number of carbonyl (C=O) groups excluding carboxylic acids is 1. The van der Waals surface area contributed by atoms with Crippen LogP contribution in [0.4, 0.5) is 0 Å². The van der Waals surface area contributed by atoms with Gasteiger partial charge in [0, 0.05) is 18.0 Å². The molecule has 0 aliphatic carbocycles. The van der Waals surface area contributed by atoms with Crippen LogP contribution in [0.15, 0.2) is 18.2 Å². The van der Waals surface area contributed by atoms with E-state index in [-0.39, 0.29) is 11.9 Å². The fraction of sp³-hybridized carbons (Fsp3) is 0.333. The fourth-order valence-electron chi connectivity index (χ4n) is 2.41. The number of hydrogen-bond donors (Lipinski definition) is 2. The highest BCUT2D eigenvalue weighted by Gasteiger charge is 2.21. The Kier molecular flexibility index (Phi) is 2.87. The summed E-state index contributed by atoms with van der Waals surface area (Å²) >= 11 is 11.3. The molecule has 4 nitrogen and oxygen atoms in total. The third kappa shape index (κ3) is 1.93. The lowest BCUT2D eigenvalue weighted by atomic mass is 10.1. The van der Waals surface area contributed by atoms with Crippen LogP contribution in [-0.4, -0.2) is 22.0 Å². The molecule has 1 aliphatic rings. The number of rotatable bonds is 1. The van der Waals surface area contributed by atoms with Crippen LogP contribution in [0, 0.1) is 4.77 Å². The van der Waals surface area contributed by atoms with E-state index in [1.165, 1.54) is 0 Å². The molecular formula is C12H12ClN3OS. The molecule has 2 N–H and O–H groups in total. The van der Waals surface area contributed by atoms with Gasteiger partial charge >= 0.3 is 0 Å². The number of halogens is 1. The first-order valence-corrected chi connectivity index (χ1v) is 6.60. The number of piperidine rings is 1. The Hall–Kier alpha value is -1.33. The largest absolute Gasteiger partial charge is 0.354 e. The molecule has 18 heavy (non-hydrogen) atoms. The zero-order chi connectivity index (χ0) is 12.7. The second-order valence-corrected chi connectivity index (χ2v) is 5.28. The summed E-state index contributed by atoms with van der Waals surface area (Å²) in [6.45, 7) is 0.628.